The monoisotopic (exact) mass is 349 g/mol. The molecule has 0 aliphatic carbocycles. The van der Waals surface area contributed by atoms with E-state index in [-0.39, 0.29) is 18.1 Å². The molecule has 0 bridgehead atoms. The van der Waals surface area contributed by atoms with Gasteiger partial charge in [0.15, 0.2) is 5.69 Å². The number of nitrogens with two attached hydrogens (primary N) is 1. The van der Waals surface area contributed by atoms with Gasteiger partial charge in [-0.05, 0) is 32.4 Å². The zero-order valence-electron chi connectivity index (χ0n) is 14.6. The standard InChI is InChI=1S/C16H27N7O2/c1-22-8-11(14(21-22)15(17)24)9-23-7-4-13(10-23)20-16(25)19-12-2-5-18-6-3-12/h8,12-13,18H,2-7,9-10H2,1H3,(H2,17,24)(H2,19,20,25). The number of rotatable bonds is 5. The summed E-state index contributed by atoms with van der Waals surface area (Å²) >= 11 is 0. The lowest BCUT2D eigenvalue weighted by molar-refractivity contribution is 0.0993. The van der Waals surface area contributed by atoms with E-state index in [1.807, 2.05) is 6.20 Å². The molecule has 2 saturated heterocycles. The molecule has 0 saturated carbocycles. The van der Waals surface area contributed by atoms with E-state index in [0.29, 0.717) is 12.2 Å². The van der Waals surface area contributed by atoms with Gasteiger partial charge in [0, 0.05) is 50.5 Å². The van der Waals surface area contributed by atoms with Gasteiger partial charge in [0.05, 0.1) is 0 Å². The third-order valence-electron chi connectivity index (χ3n) is 4.81. The minimum Gasteiger partial charge on any atom is -0.364 e. The number of likely N-dealkylation sites (tertiary alicyclic amines) is 1. The molecule has 2 aliphatic heterocycles. The van der Waals surface area contributed by atoms with Crippen molar-refractivity contribution in [1.82, 2.24) is 30.6 Å². The molecule has 1 aromatic rings. The van der Waals surface area contributed by atoms with Crippen LogP contribution in [0.1, 0.15) is 35.3 Å². The predicted octanol–water partition coefficient (Wildman–Crippen LogP) is -0.855. The van der Waals surface area contributed by atoms with Crippen LogP contribution in [0.25, 0.3) is 0 Å². The van der Waals surface area contributed by atoms with Gasteiger partial charge in [-0.15, -0.1) is 0 Å². The number of piperidine rings is 1. The van der Waals surface area contributed by atoms with Crippen LogP contribution in [0.2, 0.25) is 0 Å². The van der Waals surface area contributed by atoms with Crippen LogP contribution in [0.15, 0.2) is 6.20 Å². The van der Waals surface area contributed by atoms with E-state index >= 15 is 0 Å². The van der Waals surface area contributed by atoms with Crippen molar-refractivity contribution >= 4 is 11.9 Å². The number of nitrogens with one attached hydrogen (secondary N) is 3. The van der Waals surface area contributed by atoms with Crippen LogP contribution in [0.5, 0.6) is 0 Å². The Morgan fingerprint density at radius 1 is 1.28 bits per heavy atom. The van der Waals surface area contributed by atoms with Gasteiger partial charge in [0.25, 0.3) is 5.91 Å². The van der Waals surface area contributed by atoms with Gasteiger partial charge in [-0.25, -0.2) is 4.79 Å². The summed E-state index contributed by atoms with van der Waals surface area (Å²) in [5.41, 5.74) is 6.53. The minimum absolute atomic E-state index is 0.0852. The topological polar surface area (TPSA) is 117 Å². The fourth-order valence-corrected chi connectivity index (χ4v) is 3.57. The zero-order valence-corrected chi connectivity index (χ0v) is 14.6. The maximum absolute atomic E-state index is 12.1. The lowest BCUT2D eigenvalue weighted by Crippen LogP contribution is -2.49. The van der Waals surface area contributed by atoms with Crippen molar-refractivity contribution < 1.29 is 9.59 Å². The summed E-state index contributed by atoms with van der Waals surface area (Å²) in [5.74, 6) is -0.508. The molecule has 1 atom stereocenters. The smallest absolute Gasteiger partial charge is 0.315 e. The molecule has 138 valence electrons. The number of nitrogens with zero attached hydrogens (tertiary/aromatic N) is 3. The molecule has 25 heavy (non-hydrogen) atoms. The largest absolute Gasteiger partial charge is 0.364 e. The van der Waals surface area contributed by atoms with E-state index in [0.717, 1.165) is 51.0 Å². The summed E-state index contributed by atoms with van der Waals surface area (Å²) in [6.45, 7) is 4.14. The molecule has 2 aliphatic rings. The van der Waals surface area contributed by atoms with E-state index in [9.17, 15) is 9.59 Å². The Morgan fingerprint density at radius 3 is 2.72 bits per heavy atom. The Kier molecular flexibility index (Phi) is 5.54. The first kappa shape index (κ1) is 17.7. The van der Waals surface area contributed by atoms with E-state index in [1.165, 1.54) is 0 Å². The number of aromatic nitrogens is 2. The number of hydrogen-bond acceptors (Lipinski definition) is 5. The lowest BCUT2D eigenvalue weighted by atomic mass is 10.1. The lowest BCUT2D eigenvalue weighted by Gasteiger charge is -2.24. The molecule has 0 radical (unpaired) electrons. The molecule has 0 aromatic carbocycles. The third kappa shape index (κ3) is 4.70. The average Bonchev–Trinajstić information content (AvgIpc) is 3.15. The number of carbonyl (C=O) groups is 2. The number of carbonyl (C=O) groups excluding carboxylic acids is 2. The quantitative estimate of drug-likeness (QED) is 0.552. The van der Waals surface area contributed by atoms with Crippen LogP contribution in [0, 0.1) is 0 Å². The molecule has 9 nitrogen and oxygen atoms in total. The SMILES string of the molecule is Cn1cc(CN2CCC(NC(=O)NC3CCNCC3)C2)c(C(N)=O)n1. The minimum atomic E-state index is -0.508. The van der Waals surface area contributed by atoms with Crippen LogP contribution in [0.4, 0.5) is 4.79 Å². The summed E-state index contributed by atoms with van der Waals surface area (Å²) in [7, 11) is 1.77. The zero-order chi connectivity index (χ0) is 17.8. The van der Waals surface area contributed by atoms with Crippen molar-refractivity contribution in [1.29, 1.82) is 0 Å². The molecule has 5 N–H and O–H groups in total. The van der Waals surface area contributed by atoms with Gasteiger partial charge in [-0.1, -0.05) is 0 Å². The maximum Gasteiger partial charge on any atom is 0.315 e. The van der Waals surface area contributed by atoms with Gasteiger partial charge in [0.1, 0.15) is 0 Å². The van der Waals surface area contributed by atoms with Gasteiger partial charge in [0.2, 0.25) is 0 Å². The number of primary amides is 1. The molecule has 2 fully saturated rings. The van der Waals surface area contributed by atoms with E-state index < -0.39 is 5.91 Å². The summed E-state index contributed by atoms with van der Waals surface area (Å²) < 4.78 is 1.60. The molecule has 3 heterocycles. The van der Waals surface area contributed by atoms with Crippen molar-refractivity contribution in [2.45, 2.75) is 37.9 Å². The maximum atomic E-state index is 12.1. The van der Waals surface area contributed by atoms with E-state index in [2.05, 4.69) is 25.9 Å². The number of aryl methyl sites for hydroxylation is 1. The van der Waals surface area contributed by atoms with Gasteiger partial charge in [-0.2, -0.15) is 5.10 Å². The summed E-state index contributed by atoms with van der Waals surface area (Å²) in [4.78, 5) is 25.8. The van der Waals surface area contributed by atoms with E-state index in [1.54, 1.807) is 11.7 Å². The highest BCUT2D eigenvalue weighted by Gasteiger charge is 2.26. The highest BCUT2D eigenvalue weighted by molar-refractivity contribution is 5.92. The molecular formula is C16H27N7O2. The average molecular weight is 349 g/mol. The summed E-state index contributed by atoms with van der Waals surface area (Å²) in [6, 6.07) is 0.292. The summed E-state index contributed by atoms with van der Waals surface area (Å²) in [6.07, 6.45) is 4.67. The van der Waals surface area contributed by atoms with Gasteiger partial charge in [-0.3, -0.25) is 14.4 Å². The Hall–Kier alpha value is -2.13. The molecular weight excluding hydrogens is 322 g/mol. The fraction of sp³-hybridized carbons (Fsp3) is 0.688. The van der Waals surface area contributed by atoms with E-state index in [4.69, 9.17) is 5.73 Å². The Morgan fingerprint density at radius 2 is 2.00 bits per heavy atom. The normalized spacial score (nSPS) is 22.0. The molecule has 1 unspecified atom stereocenters. The molecule has 0 spiro atoms. The molecule has 3 amide bonds. The van der Waals surface area contributed by atoms with Crippen molar-refractivity contribution in [2.24, 2.45) is 12.8 Å². The van der Waals surface area contributed by atoms with Crippen molar-refractivity contribution in [2.75, 3.05) is 26.2 Å². The third-order valence-corrected chi connectivity index (χ3v) is 4.81. The molecule has 9 heteroatoms. The van der Waals surface area contributed by atoms with Crippen LogP contribution in [-0.4, -0.2) is 64.9 Å². The number of urea groups is 1. The molecule has 3 rings (SSSR count). The van der Waals surface area contributed by atoms with Crippen LogP contribution in [-0.2, 0) is 13.6 Å². The van der Waals surface area contributed by atoms with Gasteiger partial charge < -0.3 is 21.7 Å². The predicted molar refractivity (Wildman–Crippen MR) is 93.0 cm³/mol. The molecule has 1 aromatic heterocycles. The van der Waals surface area contributed by atoms with Crippen LogP contribution in [0.3, 0.4) is 0 Å². The number of hydrogen-bond donors (Lipinski definition) is 4. The number of amides is 3. The highest BCUT2D eigenvalue weighted by Crippen LogP contribution is 2.16. The second kappa shape index (κ2) is 7.83. The Balaban J connectivity index is 1.47. The van der Waals surface area contributed by atoms with Gasteiger partial charge >= 0.3 is 6.03 Å². The first-order valence-electron chi connectivity index (χ1n) is 8.83. The Labute approximate surface area is 147 Å². The highest BCUT2D eigenvalue weighted by atomic mass is 16.2. The van der Waals surface area contributed by atoms with Crippen molar-refractivity contribution in [3.63, 3.8) is 0 Å². The summed E-state index contributed by atoms with van der Waals surface area (Å²) in [5, 5.41) is 13.5. The first-order chi connectivity index (χ1) is 12.0. The van der Waals surface area contributed by atoms with Crippen molar-refractivity contribution in [3.8, 4) is 0 Å². The second-order valence-corrected chi connectivity index (χ2v) is 6.90. The first-order valence-corrected chi connectivity index (χ1v) is 8.83. The Bertz CT molecular complexity index is 624. The fourth-order valence-electron chi connectivity index (χ4n) is 3.57. The van der Waals surface area contributed by atoms with Crippen LogP contribution < -0.4 is 21.7 Å². The van der Waals surface area contributed by atoms with Crippen molar-refractivity contribution in [3.05, 3.63) is 17.5 Å². The second-order valence-electron chi connectivity index (χ2n) is 6.90. The van der Waals surface area contributed by atoms with Crippen LogP contribution >= 0.6 is 0 Å².